The Labute approximate surface area is 114 Å². The quantitative estimate of drug-likeness (QED) is 0.913. The molecule has 0 fully saturated rings. The number of nitrogens with zero attached hydrogens (tertiary/aromatic N) is 1. The maximum Gasteiger partial charge on any atom is 0.120 e. The predicted molar refractivity (Wildman–Crippen MR) is 77.2 cm³/mol. The van der Waals surface area contributed by atoms with E-state index in [4.69, 9.17) is 10.5 Å². The van der Waals surface area contributed by atoms with Crippen molar-refractivity contribution in [3.05, 3.63) is 59.4 Å². The van der Waals surface area contributed by atoms with Crippen LogP contribution >= 0.6 is 0 Å². The highest BCUT2D eigenvalue weighted by atomic mass is 16.5. The second-order valence-electron chi connectivity index (χ2n) is 4.95. The molecule has 0 saturated carbocycles. The lowest BCUT2D eigenvalue weighted by Gasteiger charge is -2.15. The van der Waals surface area contributed by atoms with E-state index in [1.165, 1.54) is 0 Å². The number of hydrogen-bond donors (Lipinski definition) is 1. The maximum atomic E-state index is 6.27. The Morgan fingerprint density at radius 1 is 1.11 bits per heavy atom. The molecule has 3 heteroatoms. The van der Waals surface area contributed by atoms with Crippen molar-refractivity contribution in [2.24, 2.45) is 5.73 Å². The average Bonchev–Trinajstić information content (AvgIpc) is 2.38. The van der Waals surface area contributed by atoms with Crippen molar-refractivity contribution in [1.29, 1.82) is 0 Å². The molecule has 0 amide bonds. The molecule has 1 unspecified atom stereocenters. The first-order valence-electron chi connectivity index (χ1n) is 6.51. The monoisotopic (exact) mass is 256 g/mol. The molecular formula is C16H20N2O. The van der Waals surface area contributed by atoms with E-state index in [1.807, 2.05) is 63.4 Å². The third kappa shape index (κ3) is 3.55. The van der Waals surface area contributed by atoms with Crippen LogP contribution in [0.5, 0.6) is 5.75 Å². The van der Waals surface area contributed by atoms with E-state index >= 15 is 0 Å². The number of pyridine rings is 1. The molecule has 0 saturated heterocycles. The van der Waals surface area contributed by atoms with Crippen molar-refractivity contribution < 1.29 is 4.74 Å². The molecule has 19 heavy (non-hydrogen) atoms. The van der Waals surface area contributed by atoms with E-state index < -0.39 is 0 Å². The zero-order valence-corrected chi connectivity index (χ0v) is 11.6. The number of aromatic nitrogens is 1. The third-order valence-electron chi connectivity index (χ3n) is 2.88. The highest BCUT2D eigenvalue weighted by molar-refractivity contribution is 5.35. The molecule has 0 radical (unpaired) electrons. The fourth-order valence-electron chi connectivity index (χ4n) is 1.91. The molecule has 2 rings (SSSR count). The molecule has 3 nitrogen and oxygen atoms in total. The van der Waals surface area contributed by atoms with Crippen molar-refractivity contribution in [3.8, 4) is 5.75 Å². The number of benzene rings is 1. The summed E-state index contributed by atoms with van der Waals surface area (Å²) in [6.07, 6.45) is 1.99. The van der Waals surface area contributed by atoms with Crippen LogP contribution in [-0.2, 0) is 0 Å². The SMILES string of the molecule is Cc1ccc(C(N)c2cccc(OC(C)C)c2)cn1. The van der Waals surface area contributed by atoms with Crippen molar-refractivity contribution in [3.63, 3.8) is 0 Å². The largest absolute Gasteiger partial charge is 0.491 e. The summed E-state index contributed by atoms with van der Waals surface area (Å²) in [4.78, 5) is 4.29. The Kier molecular flexibility index (Phi) is 4.17. The molecular weight excluding hydrogens is 236 g/mol. The van der Waals surface area contributed by atoms with E-state index in [0.717, 1.165) is 22.6 Å². The minimum atomic E-state index is -0.177. The van der Waals surface area contributed by atoms with Crippen LogP contribution in [0.25, 0.3) is 0 Å². The van der Waals surface area contributed by atoms with E-state index in [9.17, 15) is 0 Å². The van der Waals surface area contributed by atoms with E-state index in [0.29, 0.717) is 0 Å². The van der Waals surface area contributed by atoms with Gasteiger partial charge < -0.3 is 10.5 Å². The van der Waals surface area contributed by atoms with Gasteiger partial charge in [0, 0.05) is 11.9 Å². The molecule has 1 aromatic heterocycles. The van der Waals surface area contributed by atoms with Gasteiger partial charge in [-0.15, -0.1) is 0 Å². The van der Waals surface area contributed by atoms with Gasteiger partial charge >= 0.3 is 0 Å². The molecule has 1 heterocycles. The van der Waals surface area contributed by atoms with Crippen molar-refractivity contribution in [2.45, 2.75) is 32.9 Å². The second-order valence-corrected chi connectivity index (χ2v) is 4.95. The summed E-state index contributed by atoms with van der Waals surface area (Å²) >= 11 is 0. The fraction of sp³-hybridized carbons (Fsp3) is 0.312. The Hall–Kier alpha value is -1.87. The van der Waals surface area contributed by atoms with Crippen LogP contribution in [0.2, 0.25) is 0 Å². The number of ether oxygens (including phenoxy) is 1. The van der Waals surface area contributed by atoms with Gasteiger partial charge in [-0.2, -0.15) is 0 Å². The van der Waals surface area contributed by atoms with Crippen LogP contribution in [0.1, 0.15) is 36.7 Å². The summed E-state index contributed by atoms with van der Waals surface area (Å²) in [7, 11) is 0. The number of rotatable bonds is 4. The molecule has 0 bridgehead atoms. The summed E-state index contributed by atoms with van der Waals surface area (Å²) < 4.78 is 5.69. The van der Waals surface area contributed by atoms with Gasteiger partial charge in [-0.3, -0.25) is 4.98 Å². The Bertz CT molecular complexity index is 535. The lowest BCUT2D eigenvalue weighted by molar-refractivity contribution is 0.242. The zero-order chi connectivity index (χ0) is 13.8. The van der Waals surface area contributed by atoms with Gasteiger partial charge in [0.05, 0.1) is 12.1 Å². The topological polar surface area (TPSA) is 48.1 Å². The van der Waals surface area contributed by atoms with Crippen molar-refractivity contribution in [1.82, 2.24) is 4.98 Å². The smallest absolute Gasteiger partial charge is 0.120 e. The highest BCUT2D eigenvalue weighted by Crippen LogP contribution is 2.23. The molecule has 0 aliphatic carbocycles. The summed E-state index contributed by atoms with van der Waals surface area (Å²) in [5, 5.41) is 0. The molecule has 1 atom stereocenters. The van der Waals surface area contributed by atoms with Crippen molar-refractivity contribution >= 4 is 0 Å². The van der Waals surface area contributed by atoms with E-state index in [2.05, 4.69) is 4.98 Å². The fourth-order valence-corrected chi connectivity index (χ4v) is 1.91. The van der Waals surface area contributed by atoms with Gasteiger partial charge in [-0.25, -0.2) is 0 Å². The minimum Gasteiger partial charge on any atom is -0.491 e. The summed E-state index contributed by atoms with van der Waals surface area (Å²) in [6.45, 7) is 5.99. The number of nitrogens with two attached hydrogens (primary N) is 1. The van der Waals surface area contributed by atoms with E-state index in [1.54, 1.807) is 0 Å². The first-order chi connectivity index (χ1) is 9.06. The zero-order valence-electron chi connectivity index (χ0n) is 11.6. The van der Waals surface area contributed by atoms with Crippen LogP contribution in [-0.4, -0.2) is 11.1 Å². The lowest BCUT2D eigenvalue weighted by Crippen LogP contribution is -2.13. The molecule has 0 aliphatic heterocycles. The van der Waals surface area contributed by atoms with Gasteiger partial charge in [0.25, 0.3) is 0 Å². The molecule has 1 aromatic carbocycles. The van der Waals surface area contributed by atoms with E-state index in [-0.39, 0.29) is 12.1 Å². The Morgan fingerprint density at radius 2 is 1.89 bits per heavy atom. The summed E-state index contributed by atoms with van der Waals surface area (Å²) in [5.41, 5.74) is 9.30. The van der Waals surface area contributed by atoms with Gasteiger partial charge in [0.2, 0.25) is 0 Å². The average molecular weight is 256 g/mol. The standard InChI is InChI=1S/C16H20N2O/c1-11(2)19-15-6-4-5-13(9-15)16(17)14-8-7-12(3)18-10-14/h4-11,16H,17H2,1-3H3. The van der Waals surface area contributed by atoms with Gasteiger partial charge in [0.15, 0.2) is 0 Å². The Balaban J connectivity index is 2.23. The first-order valence-corrected chi connectivity index (χ1v) is 6.51. The van der Waals surface area contributed by atoms with Crippen LogP contribution in [0.15, 0.2) is 42.6 Å². The normalized spacial score (nSPS) is 12.5. The third-order valence-corrected chi connectivity index (χ3v) is 2.88. The van der Waals surface area contributed by atoms with Crippen LogP contribution in [0.3, 0.4) is 0 Å². The maximum absolute atomic E-state index is 6.27. The van der Waals surface area contributed by atoms with Crippen molar-refractivity contribution in [2.75, 3.05) is 0 Å². The number of hydrogen-bond acceptors (Lipinski definition) is 3. The van der Waals surface area contributed by atoms with Gasteiger partial charge in [-0.1, -0.05) is 18.2 Å². The molecule has 0 aliphatic rings. The Morgan fingerprint density at radius 3 is 2.53 bits per heavy atom. The minimum absolute atomic E-state index is 0.160. The molecule has 2 aromatic rings. The summed E-state index contributed by atoms with van der Waals surface area (Å²) in [5.74, 6) is 0.850. The predicted octanol–water partition coefficient (Wildman–Crippen LogP) is 3.23. The summed E-state index contributed by atoms with van der Waals surface area (Å²) in [6, 6.07) is 11.7. The molecule has 0 spiro atoms. The van der Waals surface area contributed by atoms with Crippen LogP contribution in [0, 0.1) is 6.92 Å². The first kappa shape index (κ1) is 13.6. The highest BCUT2D eigenvalue weighted by Gasteiger charge is 2.10. The van der Waals surface area contributed by atoms with Crippen LogP contribution in [0.4, 0.5) is 0 Å². The van der Waals surface area contributed by atoms with Gasteiger partial charge in [-0.05, 0) is 50.1 Å². The number of aryl methyl sites for hydroxylation is 1. The second kappa shape index (κ2) is 5.85. The van der Waals surface area contributed by atoms with Crippen LogP contribution < -0.4 is 10.5 Å². The lowest BCUT2D eigenvalue weighted by atomic mass is 10.0. The molecule has 100 valence electrons. The molecule has 2 N–H and O–H groups in total. The van der Waals surface area contributed by atoms with Gasteiger partial charge in [0.1, 0.15) is 5.75 Å².